The first kappa shape index (κ1) is 23.2. The normalized spacial score (nSPS) is 26.8. The van der Waals surface area contributed by atoms with Crippen molar-refractivity contribution in [2.24, 2.45) is 22.1 Å². The molecular weight excluding hydrogens is 418 g/mol. The van der Waals surface area contributed by atoms with E-state index >= 15 is 0 Å². The summed E-state index contributed by atoms with van der Waals surface area (Å²) in [5.41, 5.74) is 5.02. The Morgan fingerprint density at radius 3 is 2.58 bits per heavy atom. The maximum absolute atomic E-state index is 13.3. The van der Waals surface area contributed by atoms with Crippen molar-refractivity contribution in [1.29, 1.82) is 0 Å². The largest absolute Gasteiger partial charge is 0.462 e. The van der Waals surface area contributed by atoms with E-state index in [1.54, 1.807) is 0 Å². The quantitative estimate of drug-likeness (QED) is 0.267. The van der Waals surface area contributed by atoms with Gasteiger partial charge in [0.1, 0.15) is 6.17 Å². The average molecular weight is 452 g/mol. The van der Waals surface area contributed by atoms with Crippen LogP contribution < -0.4 is 11.2 Å². The molecule has 3 N–H and O–H groups in total. The molecule has 33 heavy (non-hydrogen) atoms. The number of cyclic esters (lactones) is 1. The first-order chi connectivity index (χ1) is 16.0. The van der Waals surface area contributed by atoms with Crippen molar-refractivity contribution in [2.45, 2.75) is 58.2 Å². The van der Waals surface area contributed by atoms with Crippen molar-refractivity contribution in [3.63, 3.8) is 0 Å². The third kappa shape index (κ3) is 5.00. The van der Waals surface area contributed by atoms with Crippen molar-refractivity contribution in [1.82, 2.24) is 10.2 Å². The summed E-state index contributed by atoms with van der Waals surface area (Å²) in [5.74, 6) is 5.39. The number of hydrogen-bond acceptors (Lipinski definition) is 6. The Balaban J connectivity index is 1.61. The van der Waals surface area contributed by atoms with Crippen LogP contribution in [-0.4, -0.2) is 48.7 Å². The van der Waals surface area contributed by atoms with Crippen LogP contribution in [-0.2, 0) is 14.3 Å². The summed E-state index contributed by atoms with van der Waals surface area (Å²) in [4.78, 5) is 27.1. The Morgan fingerprint density at radius 1 is 1.12 bits per heavy atom. The number of esters is 1. The fourth-order valence-corrected chi connectivity index (χ4v) is 5.03. The molecule has 1 amide bonds. The summed E-state index contributed by atoms with van der Waals surface area (Å²) in [6, 6.07) is 0.00402. The van der Waals surface area contributed by atoms with Crippen molar-refractivity contribution in [2.75, 3.05) is 19.7 Å². The second-order valence-corrected chi connectivity index (χ2v) is 9.01. The number of nitrogens with zero attached hydrogens (tertiary/aromatic N) is 3. The number of nitrogens with two attached hydrogens (primary N) is 1. The Morgan fingerprint density at radius 2 is 1.85 bits per heavy atom. The fourth-order valence-electron chi connectivity index (χ4n) is 5.03. The number of ether oxygens (including phenoxy) is 1. The fraction of sp³-hybridized carbons (Fsp3) is 0.520. The third-order valence-corrected chi connectivity index (χ3v) is 6.64. The van der Waals surface area contributed by atoms with E-state index in [0.29, 0.717) is 13.0 Å². The lowest BCUT2D eigenvalue weighted by molar-refractivity contribution is -0.135. The molecule has 3 unspecified atom stereocenters. The van der Waals surface area contributed by atoms with Gasteiger partial charge >= 0.3 is 5.97 Å². The molecule has 8 nitrogen and oxygen atoms in total. The number of allylic oxidation sites excluding steroid dienone is 5. The zero-order chi connectivity index (χ0) is 23.4. The highest BCUT2D eigenvalue weighted by Crippen LogP contribution is 2.37. The molecule has 0 aromatic carbocycles. The second kappa shape index (κ2) is 10.3. The van der Waals surface area contributed by atoms with Crippen LogP contribution >= 0.6 is 0 Å². The van der Waals surface area contributed by atoms with Gasteiger partial charge in [0.2, 0.25) is 5.91 Å². The molecule has 3 atom stereocenters. The predicted octanol–water partition coefficient (Wildman–Crippen LogP) is 3.26. The monoisotopic (exact) mass is 451 g/mol. The van der Waals surface area contributed by atoms with Crippen LogP contribution in [0.4, 0.5) is 0 Å². The number of hydrogen-bond donors (Lipinski definition) is 2. The van der Waals surface area contributed by atoms with Gasteiger partial charge in [-0.05, 0) is 48.5 Å². The summed E-state index contributed by atoms with van der Waals surface area (Å²) in [7, 11) is 0. The molecule has 0 aromatic heterocycles. The summed E-state index contributed by atoms with van der Waals surface area (Å²) in [6.07, 6.45) is 13.7. The van der Waals surface area contributed by atoms with Crippen LogP contribution in [0.2, 0.25) is 0 Å². The minimum atomic E-state index is -0.363. The van der Waals surface area contributed by atoms with E-state index in [1.807, 2.05) is 23.1 Å². The molecule has 4 aliphatic rings. The molecule has 4 rings (SSSR count). The summed E-state index contributed by atoms with van der Waals surface area (Å²) in [5, 5.41) is 11.2. The van der Waals surface area contributed by atoms with E-state index in [9.17, 15) is 9.59 Å². The Hall–Kier alpha value is -3.00. The van der Waals surface area contributed by atoms with Crippen LogP contribution in [0, 0.1) is 5.92 Å². The van der Waals surface area contributed by atoms with E-state index in [4.69, 9.17) is 10.6 Å². The minimum Gasteiger partial charge on any atom is -0.462 e. The lowest BCUT2D eigenvalue weighted by Gasteiger charge is -2.27. The number of carbonyl (C=O) groups is 2. The van der Waals surface area contributed by atoms with Crippen molar-refractivity contribution in [3.05, 3.63) is 58.2 Å². The van der Waals surface area contributed by atoms with E-state index in [2.05, 4.69) is 41.7 Å². The minimum absolute atomic E-state index is 0.00402. The highest BCUT2D eigenvalue weighted by atomic mass is 16.5. The van der Waals surface area contributed by atoms with Crippen molar-refractivity contribution in [3.8, 4) is 0 Å². The lowest BCUT2D eigenvalue weighted by Crippen LogP contribution is -2.39. The molecule has 2 aliphatic heterocycles. The zero-order valence-electron chi connectivity index (χ0n) is 19.4. The zero-order valence-corrected chi connectivity index (χ0v) is 19.4. The van der Waals surface area contributed by atoms with Gasteiger partial charge in [0.25, 0.3) is 0 Å². The van der Waals surface area contributed by atoms with Gasteiger partial charge in [-0.3, -0.25) is 10.1 Å². The van der Waals surface area contributed by atoms with E-state index in [0.717, 1.165) is 55.5 Å². The van der Waals surface area contributed by atoms with Gasteiger partial charge in [-0.25, -0.2) is 4.79 Å². The predicted molar refractivity (Wildman–Crippen MR) is 126 cm³/mol. The van der Waals surface area contributed by atoms with Gasteiger partial charge in [0.15, 0.2) is 0 Å². The molecule has 0 bridgehead atoms. The van der Waals surface area contributed by atoms with Crippen LogP contribution in [0.3, 0.4) is 0 Å². The molecule has 2 heterocycles. The first-order valence-corrected chi connectivity index (χ1v) is 11.9. The maximum atomic E-state index is 13.3. The molecular formula is C25H33N5O3. The van der Waals surface area contributed by atoms with Crippen LogP contribution in [0.5, 0.6) is 0 Å². The number of rotatable bonds is 7. The molecule has 2 aliphatic carbocycles. The SMILES string of the molecule is CCCN(CCC)C(=O)C1=CC2=CC=C(C3=CC=C4C(=O)OCC4C3)CC2NC(N=NN)C1. The van der Waals surface area contributed by atoms with Crippen molar-refractivity contribution < 1.29 is 14.3 Å². The van der Waals surface area contributed by atoms with Crippen LogP contribution in [0.15, 0.2) is 68.6 Å². The highest BCUT2D eigenvalue weighted by molar-refractivity contribution is 5.94. The van der Waals surface area contributed by atoms with Gasteiger partial charge in [0, 0.05) is 42.6 Å². The first-order valence-electron chi connectivity index (χ1n) is 11.9. The average Bonchev–Trinajstić information content (AvgIpc) is 3.08. The Labute approximate surface area is 195 Å². The van der Waals surface area contributed by atoms with Gasteiger partial charge < -0.3 is 15.5 Å². The third-order valence-electron chi connectivity index (χ3n) is 6.64. The molecule has 1 fully saturated rings. The molecule has 0 aromatic rings. The Bertz CT molecular complexity index is 982. The summed E-state index contributed by atoms with van der Waals surface area (Å²) >= 11 is 0. The maximum Gasteiger partial charge on any atom is 0.334 e. The molecule has 8 heteroatoms. The number of carbonyl (C=O) groups excluding carboxylic acids is 2. The topological polar surface area (TPSA) is 109 Å². The second-order valence-electron chi connectivity index (χ2n) is 9.01. The molecule has 176 valence electrons. The standard InChI is InChI=1S/C25H33N5O3/c1-3-9-30(10-4-2)24(31)19-12-18-6-5-17(13-22(18)27-23(14-19)28-29-26)16-7-8-21-20(11-16)15-33-25(21)32/h5-8,12,20,22-23,27H,3-4,9-11,13-15H2,1-2H3,(H2,26,28). The van der Waals surface area contributed by atoms with Gasteiger partial charge in [-0.1, -0.05) is 43.4 Å². The molecule has 0 spiro atoms. The Kier molecular flexibility index (Phi) is 7.23. The molecule has 0 radical (unpaired) electrons. The smallest absolute Gasteiger partial charge is 0.334 e. The lowest BCUT2D eigenvalue weighted by atomic mass is 9.81. The van der Waals surface area contributed by atoms with E-state index in [1.165, 1.54) is 11.1 Å². The van der Waals surface area contributed by atoms with Gasteiger partial charge in [-0.2, -0.15) is 5.11 Å². The van der Waals surface area contributed by atoms with E-state index < -0.39 is 0 Å². The number of amides is 1. The van der Waals surface area contributed by atoms with Crippen LogP contribution in [0.25, 0.3) is 0 Å². The number of nitrogens with one attached hydrogen (secondary N) is 1. The summed E-state index contributed by atoms with van der Waals surface area (Å²) < 4.78 is 5.20. The highest BCUT2D eigenvalue weighted by Gasteiger charge is 2.35. The van der Waals surface area contributed by atoms with Crippen molar-refractivity contribution >= 4 is 11.9 Å². The molecule has 0 saturated carbocycles. The van der Waals surface area contributed by atoms with Gasteiger partial charge in [0.05, 0.1) is 6.61 Å². The number of fused-ring (bicyclic) bond motifs is 2. The molecule has 1 saturated heterocycles. The van der Waals surface area contributed by atoms with Crippen LogP contribution in [0.1, 0.15) is 46.0 Å². The van der Waals surface area contributed by atoms with Gasteiger partial charge in [-0.15, -0.1) is 0 Å². The summed E-state index contributed by atoms with van der Waals surface area (Å²) in [6.45, 7) is 6.11. The van der Waals surface area contributed by atoms with E-state index in [-0.39, 0.29) is 30.0 Å².